The van der Waals surface area contributed by atoms with Gasteiger partial charge < -0.3 is 5.73 Å². The Morgan fingerprint density at radius 2 is 2.25 bits per heavy atom. The summed E-state index contributed by atoms with van der Waals surface area (Å²) >= 11 is 0. The summed E-state index contributed by atoms with van der Waals surface area (Å²) in [5.41, 5.74) is 8.84. The third-order valence-corrected chi connectivity index (χ3v) is 3.45. The quantitative estimate of drug-likeness (QED) is 0.838. The van der Waals surface area contributed by atoms with Crippen molar-refractivity contribution in [2.45, 2.75) is 32.7 Å². The number of anilines is 1. The maximum atomic E-state index is 5.97. The fourth-order valence-corrected chi connectivity index (χ4v) is 2.40. The molecule has 2 aromatic heterocycles. The second-order valence-corrected chi connectivity index (χ2v) is 4.61. The van der Waals surface area contributed by atoms with Crippen LogP contribution in [-0.2, 0) is 0 Å². The van der Waals surface area contributed by atoms with Gasteiger partial charge in [0.2, 0.25) is 5.95 Å². The molecule has 2 unspecified atom stereocenters. The van der Waals surface area contributed by atoms with Crippen molar-refractivity contribution in [2.24, 2.45) is 5.92 Å². The molecule has 1 saturated carbocycles. The Morgan fingerprint density at radius 3 is 2.94 bits per heavy atom. The number of hydrogen-bond acceptors (Lipinski definition) is 3. The maximum absolute atomic E-state index is 5.97. The van der Waals surface area contributed by atoms with Crippen LogP contribution in [0.3, 0.4) is 0 Å². The molecule has 0 bridgehead atoms. The molecule has 3 rings (SSSR count). The highest BCUT2D eigenvalue weighted by Gasteiger charge is 2.39. The number of aryl methyl sites for hydroxylation is 1. The number of imidazole rings is 1. The molecular weight excluding hydrogens is 200 g/mol. The van der Waals surface area contributed by atoms with Gasteiger partial charge in [-0.15, -0.1) is 0 Å². The smallest absolute Gasteiger partial charge is 0.202 e. The zero-order chi connectivity index (χ0) is 11.3. The van der Waals surface area contributed by atoms with E-state index in [9.17, 15) is 0 Å². The molecule has 0 spiro atoms. The molecule has 0 aromatic carbocycles. The molecule has 1 aliphatic rings. The second kappa shape index (κ2) is 3.20. The number of aromatic nitrogens is 3. The molecular formula is C12H16N4. The van der Waals surface area contributed by atoms with E-state index < -0.39 is 0 Å². The summed E-state index contributed by atoms with van der Waals surface area (Å²) in [6.07, 6.45) is 2.41. The molecule has 2 aromatic rings. The van der Waals surface area contributed by atoms with E-state index in [2.05, 4.69) is 21.5 Å². The lowest BCUT2D eigenvalue weighted by Gasteiger charge is -2.04. The number of rotatable bonds is 2. The summed E-state index contributed by atoms with van der Waals surface area (Å²) in [6.45, 7) is 4.22. The van der Waals surface area contributed by atoms with Gasteiger partial charge in [0, 0.05) is 11.7 Å². The van der Waals surface area contributed by atoms with Crippen LogP contribution >= 0.6 is 0 Å². The van der Waals surface area contributed by atoms with Gasteiger partial charge in [-0.25, -0.2) is 9.97 Å². The van der Waals surface area contributed by atoms with Crippen molar-refractivity contribution in [3.05, 3.63) is 17.8 Å². The van der Waals surface area contributed by atoms with Crippen molar-refractivity contribution in [2.75, 3.05) is 5.73 Å². The molecule has 84 valence electrons. The average molecular weight is 216 g/mol. The van der Waals surface area contributed by atoms with Crippen molar-refractivity contribution >= 4 is 17.1 Å². The van der Waals surface area contributed by atoms with Crippen LogP contribution < -0.4 is 5.73 Å². The van der Waals surface area contributed by atoms with Crippen LogP contribution in [0.25, 0.3) is 11.2 Å². The Labute approximate surface area is 94.5 Å². The Kier molecular flexibility index (Phi) is 1.93. The van der Waals surface area contributed by atoms with E-state index in [1.165, 1.54) is 12.8 Å². The summed E-state index contributed by atoms with van der Waals surface area (Å²) in [5, 5.41) is 0. The van der Waals surface area contributed by atoms with Crippen LogP contribution in [0.2, 0.25) is 0 Å². The molecule has 4 nitrogen and oxygen atoms in total. The number of nitrogen functional groups attached to an aromatic ring is 1. The first-order chi connectivity index (χ1) is 7.70. The van der Waals surface area contributed by atoms with Crippen LogP contribution in [0, 0.1) is 12.8 Å². The summed E-state index contributed by atoms with van der Waals surface area (Å²) in [7, 11) is 0. The second-order valence-electron chi connectivity index (χ2n) is 4.61. The van der Waals surface area contributed by atoms with E-state index in [4.69, 9.17) is 5.73 Å². The molecule has 1 fully saturated rings. The fourth-order valence-electron chi connectivity index (χ4n) is 2.40. The average Bonchev–Trinajstić information content (AvgIpc) is 2.95. The van der Waals surface area contributed by atoms with Crippen LogP contribution in [0.5, 0.6) is 0 Å². The first-order valence-electron chi connectivity index (χ1n) is 5.81. The molecule has 0 radical (unpaired) electrons. The summed E-state index contributed by atoms with van der Waals surface area (Å²) < 4.78 is 2.11. The van der Waals surface area contributed by atoms with Crippen molar-refractivity contribution in [3.63, 3.8) is 0 Å². The predicted molar refractivity (Wildman–Crippen MR) is 64.1 cm³/mol. The van der Waals surface area contributed by atoms with Gasteiger partial charge in [-0.1, -0.05) is 13.3 Å². The van der Waals surface area contributed by atoms with E-state index in [0.29, 0.717) is 12.0 Å². The van der Waals surface area contributed by atoms with Gasteiger partial charge in [0.15, 0.2) is 5.65 Å². The molecule has 16 heavy (non-hydrogen) atoms. The van der Waals surface area contributed by atoms with E-state index in [0.717, 1.165) is 22.8 Å². The highest BCUT2D eigenvalue weighted by atomic mass is 15.2. The lowest BCUT2D eigenvalue weighted by Crippen LogP contribution is -2.03. The Bertz CT molecular complexity index is 543. The van der Waals surface area contributed by atoms with E-state index in [1.54, 1.807) is 0 Å². The van der Waals surface area contributed by atoms with Gasteiger partial charge in [-0.2, -0.15) is 0 Å². The predicted octanol–water partition coefficient (Wildman–Crippen LogP) is 2.29. The maximum Gasteiger partial charge on any atom is 0.202 e. The lowest BCUT2D eigenvalue weighted by atomic mass is 10.3. The molecule has 1 aliphatic carbocycles. The fraction of sp³-hybridized carbons (Fsp3) is 0.500. The van der Waals surface area contributed by atoms with Crippen molar-refractivity contribution in [1.82, 2.24) is 14.5 Å². The van der Waals surface area contributed by atoms with E-state index >= 15 is 0 Å². The van der Waals surface area contributed by atoms with Gasteiger partial charge in [-0.05, 0) is 31.4 Å². The topological polar surface area (TPSA) is 56.7 Å². The minimum Gasteiger partial charge on any atom is -0.369 e. The van der Waals surface area contributed by atoms with Gasteiger partial charge >= 0.3 is 0 Å². The van der Waals surface area contributed by atoms with Crippen molar-refractivity contribution in [1.29, 1.82) is 0 Å². The van der Waals surface area contributed by atoms with Crippen LogP contribution in [0.15, 0.2) is 12.1 Å². The van der Waals surface area contributed by atoms with Gasteiger partial charge in [-0.3, -0.25) is 4.57 Å². The molecule has 4 heteroatoms. The van der Waals surface area contributed by atoms with E-state index in [-0.39, 0.29) is 0 Å². The SMILES string of the molecule is CCC1CC1n1c(N)nc2ccc(C)nc21. The third-order valence-electron chi connectivity index (χ3n) is 3.45. The van der Waals surface area contributed by atoms with Crippen molar-refractivity contribution < 1.29 is 0 Å². The number of nitrogens with two attached hydrogens (primary N) is 1. The Morgan fingerprint density at radius 1 is 1.44 bits per heavy atom. The zero-order valence-corrected chi connectivity index (χ0v) is 9.64. The largest absolute Gasteiger partial charge is 0.369 e. The van der Waals surface area contributed by atoms with Crippen LogP contribution in [0.4, 0.5) is 5.95 Å². The first kappa shape index (κ1) is 9.63. The summed E-state index contributed by atoms with van der Waals surface area (Å²) in [4.78, 5) is 8.91. The van der Waals surface area contributed by atoms with Crippen LogP contribution in [-0.4, -0.2) is 14.5 Å². The van der Waals surface area contributed by atoms with Crippen molar-refractivity contribution in [3.8, 4) is 0 Å². The highest BCUT2D eigenvalue weighted by molar-refractivity contribution is 5.74. The molecule has 2 N–H and O–H groups in total. The molecule has 0 amide bonds. The summed E-state index contributed by atoms with van der Waals surface area (Å²) in [6, 6.07) is 4.49. The van der Waals surface area contributed by atoms with E-state index in [1.807, 2.05) is 19.1 Å². The first-order valence-corrected chi connectivity index (χ1v) is 5.81. The monoisotopic (exact) mass is 216 g/mol. The number of fused-ring (bicyclic) bond motifs is 1. The Hall–Kier alpha value is -1.58. The standard InChI is InChI=1S/C12H16N4/c1-3-8-6-10(8)16-11-9(15-12(16)13)5-4-7(2)14-11/h4-5,8,10H,3,6H2,1-2H3,(H2,13,15). The van der Waals surface area contributed by atoms with Gasteiger partial charge in [0.1, 0.15) is 5.52 Å². The molecule has 0 aliphatic heterocycles. The van der Waals surface area contributed by atoms with Gasteiger partial charge in [0.05, 0.1) is 0 Å². The summed E-state index contributed by atoms with van der Waals surface area (Å²) in [5.74, 6) is 1.36. The molecule has 0 saturated heterocycles. The number of pyridine rings is 1. The molecule has 2 heterocycles. The molecule has 2 atom stereocenters. The zero-order valence-electron chi connectivity index (χ0n) is 9.64. The lowest BCUT2D eigenvalue weighted by molar-refractivity contribution is 0.657. The third kappa shape index (κ3) is 1.29. The van der Waals surface area contributed by atoms with Crippen LogP contribution in [0.1, 0.15) is 31.5 Å². The Balaban J connectivity index is 2.15. The minimum absolute atomic E-state index is 0.518. The van der Waals surface area contributed by atoms with Gasteiger partial charge in [0.25, 0.3) is 0 Å². The highest BCUT2D eigenvalue weighted by Crippen LogP contribution is 2.47. The number of hydrogen-bond donors (Lipinski definition) is 1. The minimum atomic E-state index is 0.518. The number of nitrogens with zero attached hydrogens (tertiary/aromatic N) is 3. The normalized spacial score (nSPS) is 23.9.